The molecule has 5 rings (SSSR count). The normalized spacial score (nSPS) is 11.0. The number of anilines is 2. The van der Waals surface area contributed by atoms with Crippen molar-refractivity contribution in [1.82, 2.24) is 14.5 Å². The fraction of sp³-hybridized carbons (Fsp3) is 0.0769. The van der Waals surface area contributed by atoms with Crippen LogP contribution in [0.2, 0.25) is 5.02 Å². The first kappa shape index (κ1) is 22.4. The number of hydrogen-bond acceptors (Lipinski definition) is 6. The average Bonchev–Trinajstić information content (AvgIpc) is 3.14. The van der Waals surface area contributed by atoms with Crippen molar-refractivity contribution in [1.29, 1.82) is 0 Å². The molecule has 0 aliphatic rings. The number of nitrogens with zero attached hydrogens (tertiary/aromatic N) is 3. The zero-order valence-corrected chi connectivity index (χ0v) is 19.4. The molecule has 8 nitrogen and oxygen atoms in total. The number of ether oxygens (including phenoxy) is 1. The topological polar surface area (TPSA) is 112 Å². The zero-order valence-electron chi connectivity index (χ0n) is 18.7. The molecular formula is C26H20ClN5O3. The first-order valence-electron chi connectivity index (χ1n) is 10.9. The number of carbonyl (C=O) groups is 2. The van der Waals surface area contributed by atoms with Crippen molar-refractivity contribution >= 4 is 57.2 Å². The minimum Gasteiger partial charge on any atom is -0.462 e. The van der Waals surface area contributed by atoms with Crippen molar-refractivity contribution in [2.45, 2.75) is 6.92 Å². The summed E-state index contributed by atoms with van der Waals surface area (Å²) in [5.74, 6) is -0.654. The Balaban J connectivity index is 1.56. The molecule has 0 spiro atoms. The maximum absolute atomic E-state index is 12.8. The third-order valence-electron chi connectivity index (χ3n) is 5.47. The number of fused-ring (bicyclic) bond motifs is 2. The summed E-state index contributed by atoms with van der Waals surface area (Å²) in [6.45, 7) is 1.93. The highest BCUT2D eigenvalue weighted by molar-refractivity contribution is 6.30. The van der Waals surface area contributed by atoms with E-state index in [1.165, 1.54) is 0 Å². The van der Waals surface area contributed by atoms with Gasteiger partial charge in [0.2, 0.25) is 0 Å². The van der Waals surface area contributed by atoms with Crippen LogP contribution in [0.3, 0.4) is 0 Å². The largest absolute Gasteiger partial charge is 0.462 e. The minimum absolute atomic E-state index is 0.167. The number of rotatable bonds is 5. The molecule has 3 aromatic carbocycles. The number of nitrogens with two attached hydrogens (primary N) is 1. The molecule has 0 unspecified atom stereocenters. The molecule has 2 heterocycles. The quantitative estimate of drug-likeness (QED) is 0.329. The van der Waals surface area contributed by atoms with Gasteiger partial charge in [0, 0.05) is 22.0 Å². The van der Waals surface area contributed by atoms with Crippen molar-refractivity contribution in [3.8, 4) is 5.69 Å². The fourth-order valence-electron chi connectivity index (χ4n) is 3.83. The van der Waals surface area contributed by atoms with Gasteiger partial charge in [-0.2, -0.15) is 0 Å². The van der Waals surface area contributed by atoms with Gasteiger partial charge in [-0.15, -0.1) is 0 Å². The summed E-state index contributed by atoms with van der Waals surface area (Å²) in [4.78, 5) is 34.7. The minimum atomic E-state index is -0.565. The van der Waals surface area contributed by atoms with Crippen LogP contribution in [0, 0.1) is 0 Å². The lowest BCUT2D eigenvalue weighted by Gasteiger charge is -2.10. The number of para-hydroxylation sites is 2. The zero-order chi connectivity index (χ0) is 24.5. The van der Waals surface area contributed by atoms with Crippen LogP contribution in [-0.2, 0) is 4.74 Å². The molecule has 3 N–H and O–H groups in total. The highest BCUT2D eigenvalue weighted by atomic mass is 35.5. The van der Waals surface area contributed by atoms with Crippen molar-refractivity contribution in [3.63, 3.8) is 0 Å². The highest BCUT2D eigenvalue weighted by Crippen LogP contribution is 2.32. The van der Waals surface area contributed by atoms with Crippen molar-refractivity contribution in [2.24, 2.45) is 0 Å². The van der Waals surface area contributed by atoms with E-state index in [-0.39, 0.29) is 23.9 Å². The summed E-state index contributed by atoms with van der Waals surface area (Å²) in [6, 6.07) is 21.0. The number of halogens is 1. The number of nitrogens with one attached hydrogen (secondary N) is 1. The van der Waals surface area contributed by atoms with Crippen LogP contribution in [0.1, 0.15) is 27.6 Å². The van der Waals surface area contributed by atoms with Crippen LogP contribution in [0.25, 0.3) is 27.9 Å². The molecule has 0 saturated heterocycles. The Morgan fingerprint density at radius 1 is 0.971 bits per heavy atom. The Labute approximate surface area is 205 Å². The predicted octanol–water partition coefficient (Wildman–Crippen LogP) is 5.24. The second-order valence-electron chi connectivity index (χ2n) is 7.71. The summed E-state index contributed by atoms with van der Waals surface area (Å²) in [5, 5.41) is 3.40. The summed E-state index contributed by atoms with van der Waals surface area (Å²) in [5.41, 5.74) is 10.4. The van der Waals surface area contributed by atoms with E-state index in [1.807, 2.05) is 24.3 Å². The average molecular weight is 486 g/mol. The lowest BCUT2D eigenvalue weighted by molar-refractivity contribution is 0.0529. The van der Waals surface area contributed by atoms with E-state index < -0.39 is 5.97 Å². The molecule has 0 aliphatic heterocycles. The number of amides is 1. The van der Waals surface area contributed by atoms with Crippen LogP contribution in [-0.4, -0.2) is 33.0 Å². The van der Waals surface area contributed by atoms with Crippen molar-refractivity contribution in [3.05, 3.63) is 88.9 Å². The second kappa shape index (κ2) is 9.08. The van der Waals surface area contributed by atoms with Gasteiger partial charge in [0.25, 0.3) is 5.91 Å². The van der Waals surface area contributed by atoms with Gasteiger partial charge in [-0.25, -0.2) is 14.8 Å². The Bertz CT molecular complexity index is 1580. The van der Waals surface area contributed by atoms with E-state index >= 15 is 0 Å². The predicted molar refractivity (Wildman–Crippen MR) is 136 cm³/mol. The number of benzene rings is 3. The van der Waals surface area contributed by atoms with Gasteiger partial charge in [0.05, 0.1) is 17.6 Å². The van der Waals surface area contributed by atoms with Gasteiger partial charge in [0.15, 0.2) is 5.65 Å². The number of hydrogen-bond donors (Lipinski definition) is 2. The third-order valence-corrected chi connectivity index (χ3v) is 5.72. The van der Waals surface area contributed by atoms with E-state index in [0.29, 0.717) is 44.2 Å². The Kier molecular flexibility index (Phi) is 5.80. The Morgan fingerprint density at radius 3 is 2.29 bits per heavy atom. The van der Waals surface area contributed by atoms with Gasteiger partial charge < -0.3 is 15.8 Å². The van der Waals surface area contributed by atoms with E-state index in [0.717, 1.165) is 0 Å². The maximum atomic E-state index is 12.8. The molecule has 35 heavy (non-hydrogen) atoms. The van der Waals surface area contributed by atoms with E-state index in [2.05, 4.69) is 10.3 Å². The Hall–Kier alpha value is -4.43. The smallest absolute Gasteiger partial charge is 0.344 e. The van der Waals surface area contributed by atoms with Gasteiger partial charge in [-0.1, -0.05) is 23.7 Å². The van der Waals surface area contributed by atoms with Gasteiger partial charge >= 0.3 is 5.97 Å². The molecule has 0 bridgehead atoms. The number of nitrogen functional groups attached to an aromatic ring is 1. The maximum Gasteiger partial charge on any atom is 0.344 e. The van der Waals surface area contributed by atoms with Crippen LogP contribution < -0.4 is 11.1 Å². The van der Waals surface area contributed by atoms with Crippen LogP contribution in [0.15, 0.2) is 72.8 Å². The molecule has 0 aliphatic carbocycles. The monoisotopic (exact) mass is 485 g/mol. The molecule has 174 valence electrons. The van der Waals surface area contributed by atoms with E-state index in [1.54, 1.807) is 60.0 Å². The summed E-state index contributed by atoms with van der Waals surface area (Å²) < 4.78 is 6.89. The molecule has 0 fully saturated rings. The second-order valence-corrected chi connectivity index (χ2v) is 8.14. The molecular weight excluding hydrogens is 466 g/mol. The third kappa shape index (κ3) is 4.15. The number of aromatic nitrogens is 3. The fourth-order valence-corrected chi connectivity index (χ4v) is 3.95. The Morgan fingerprint density at radius 2 is 1.63 bits per heavy atom. The van der Waals surface area contributed by atoms with Gasteiger partial charge in [-0.3, -0.25) is 9.36 Å². The lowest BCUT2D eigenvalue weighted by Crippen LogP contribution is -2.12. The van der Waals surface area contributed by atoms with Crippen LogP contribution >= 0.6 is 11.6 Å². The summed E-state index contributed by atoms with van der Waals surface area (Å²) in [6.07, 6.45) is 0. The highest BCUT2D eigenvalue weighted by Gasteiger charge is 2.25. The summed E-state index contributed by atoms with van der Waals surface area (Å²) in [7, 11) is 0. The number of esters is 1. The standard InChI is InChI=1S/C26H20ClN5O3/c1-2-35-26(34)21-22-24(31-20-6-4-3-5-19(20)30-22)32(23(21)28)18-13-11-17(12-14-18)29-25(33)15-7-9-16(27)10-8-15/h3-14H,2,28H2,1H3,(H,29,33). The molecule has 0 atom stereocenters. The molecule has 0 saturated carbocycles. The SMILES string of the molecule is CCOC(=O)c1c(N)n(-c2ccc(NC(=O)c3ccc(Cl)cc3)cc2)c2nc3ccccc3nc12. The van der Waals surface area contributed by atoms with E-state index in [9.17, 15) is 9.59 Å². The lowest BCUT2D eigenvalue weighted by atomic mass is 10.2. The summed E-state index contributed by atoms with van der Waals surface area (Å²) >= 11 is 5.89. The van der Waals surface area contributed by atoms with Gasteiger partial charge in [-0.05, 0) is 67.6 Å². The van der Waals surface area contributed by atoms with Crippen LogP contribution in [0.4, 0.5) is 11.5 Å². The first-order valence-corrected chi connectivity index (χ1v) is 11.2. The van der Waals surface area contributed by atoms with Crippen molar-refractivity contribution in [2.75, 3.05) is 17.7 Å². The molecule has 0 radical (unpaired) electrons. The van der Waals surface area contributed by atoms with Gasteiger partial charge in [0.1, 0.15) is 16.9 Å². The van der Waals surface area contributed by atoms with E-state index in [4.69, 9.17) is 27.1 Å². The first-order chi connectivity index (χ1) is 17.0. The van der Waals surface area contributed by atoms with Crippen LogP contribution in [0.5, 0.6) is 0 Å². The molecule has 1 amide bonds. The number of carbonyl (C=O) groups excluding carboxylic acids is 2. The molecule has 2 aromatic heterocycles. The van der Waals surface area contributed by atoms with Crippen molar-refractivity contribution < 1.29 is 14.3 Å². The molecule has 5 aromatic rings. The molecule has 9 heteroatoms.